The van der Waals surface area contributed by atoms with Gasteiger partial charge in [0.1, 0.15) is 11.7 Å². The van der Waals surface area contributed by atoms with Gasteiger partial charge in [-0.25, -0.2) is 37.0 Å². The van der Waals surface area contributed by atoms with Crippen LogP contribution in [0.5, 0.6) is 0 Å². The summed E-state index contributed by atoms with van der Waals surface area (Å²) >= 11 is 0. The standard InChI is InChI=1S/C25H20F8N6O2/c1-11(37-16-9-36-38-22(40)18(16)25(31,32)33)5-14(26)10-39-4-3-12-6-15(19(27)20(28)17(12)23(39)41)21-34-7-13(8-35-21)24(2,29)30/h3-4,6-9,11,14H,5,10H2,1-2H3,(H2,37,38,40)/t11-,14+/m1/s1. The van der Waals surface area contributed by atoms with Crippen LogP contribution in [-0.4, -0.2) is 36.9 Å². The second-order valence-electron chi connectivity index (χ2n) is 9.34. The monoisotopic (exact) mass is 588 g/mol. The highest BCUT2D eigenvalue weighted by Crippen LogP contribution is 2.32. The van der Waals surface area contributed by atoms with Crippen molar-refractivity contribution in [1.29, 1.82) is 0 Å². The molecule has 16 heteroatoms. The first-order valence-corrected chi connectivity index (χ1v) is 11.8. The highest BCUT2D eigenvalue weighted by atomic mass is 19.4. The minimum Gasteiger partial charge on any atom is -0.381 e. The summed E-state index contributed by atoms with van der Waals surface area (Å²) in [5, 5.41) is 6.55. The predicted molar refractivity (Wildman–Crippen MR) is 131 cm³/mol. The number of benzene rings is 1. The molecule has 8 nitrogen and oxygen atoms in total. The molecule has 3 heterocycles. The topological polar surface area (TPSA) is 106 Å². The molecule has 41 heavy (non-hydrogen) atoms. The van der Waals surface area contributed by atoms with Crippen molar-refractivity contribution >= 4 is 16.5 Å². The van der Waals surface area contributed by atoms with E-state index in [9.17, 15) is 40.3 Å². The molecule has 0 aliphatic carbocycles. The fourth-order valence-corrected chi connectivity index (χ4v) is 4.16. The number of aromatic nitrogens is 5. The van der Waals surface area contributed by atoms with Gasteiger partial charge in [-0.15, -0.1) is 0 Å². The van der Waals surface area contributed by atoms with Crippen molar-refractivity contribution in [2.45, 2.75) is 51.1 Å². The van der Waals surface area contributed by atoms with E-state index in [0.29, 0.717) is 6.92 Å². The molecule has 218 valence electrons. The van der Waals surface area contributed by atoms with E-state index in [0.717, 1.165) is 35.4 Å². The van der Waals surface area contributed by atoms with Crippen molar-refractivity contribution in [3.05, 3.63) is 80.4 Å². The Hall–Kier alpha value is -4.37. The number of anilines is 1. The van der Waals surface area contributed by atoms with Gasteiger partial charge in [0.05, 0.1) is 34.9 Å². The summed E-state index contributed by atoms with van der Waals surface area (Å²) in [5.41, 5.74) is -5.83. The molecule has 4 aromatic rings. The predicted octanol–water partition coefficient (Wildman–Crippen LogP) is 5.18. The number of rotatable bonds is 8. The van der Waals surface area contributed by atoms with Crippen molar-refractivity contribution in [2.75, 3.05) is 5.32 Å². The molecule has 0 fully saturated rings. The Kier molecular flexibility index (Phi) is 7.87. The van der Waals surface area contributed by atoms with Crippen molar-refractivity contribution in [3.8, 4) is 11.4 Å². The van der Waals surface area contributed by atoms with Crippen molar-refractivity contribution in [1.82, 2.24) is 24.7 Å². The second-order valence-corrected chi connectivity index (χ2v) is 9.34. The van der Waals surface area contributed by atoms with Crippen LogP contribution in [0.2, 0.25) is 0 Å². The van der Waals surface area contributed by atoms with Gasteiger partial charge in [0.25, 0.3) is 17.0 Å². The third-order valence-electron chi connectivity index (χ3n) is 6.09. The first-order valence-electron chi connectivity index (χ1n) is 11.8. The fourth-order valence-electron chi connectivity index (χ4n) is 4.16. The van der Waals surface area contributed by atoms with Crippen LogP contribution in [0.15, 0.2) is 46.5 Å². The van der Waals surface area contributed by atoms with Gasteiger partial charge in [0.2, 0.25) is 0 Å². The smallest absolute Gasteiger partial charge is 0.381 e. The number of H-pyrrole nitrogens is 1. The van der Waals surface area contributed by atoms with Crippen LogP contribution in [-0.2, 0) is 18.6 Å². The third kappa shape index (κ3) is 6.20. The molecule has 0 bridgehead atoms. The molecule has 0 spiro atoms. The third-order valence-corrected chi connectivity index (χ3v) is 6.09. The number of nitrogens with one attached hydrogen (secondary N) is 2. The Bertz CT molecular complexity index is 1700. The van der Waals surface area contributed by atoms with Gasteiger partial charge in [0.15, 0.2) is 17.5 Å². The van der Waals surface area contributed by atoms with E-state index in [1.54, 1.807) is 5.10 Å². The van der Waals surface area contributed by atoms with E-state index < -0.39 is 93.6 Å². The molecule has 3 aromatic heterocycles. The summed E-state index contributed by atoms with van der Waals surface area (Å²) < 4.78 is 112. The summed E-state index contributed by atoms with van der Waals surface area (Å²) in [7, 11) is 0. The average molecular weight is 588 g/mol. The fraction of sp³-hybridized carbons (Fsp3) is 0.320. The minimum absolute atomic E-state index is 0.0967. The molecule has 0 radical (unpaired) electrons. The van der Waals surface area contributed by atoms with E-state index in [1.807, 2.05) is 0 Å². The number of hydrogen-bond donors (Lipinski definition) is 2. The molecule has 2 atom stereocenters. The number of pyridine rings is 1. The molecule has 1 aromatic carbocycles. The lowest BCUT2D eigenvalue weighted by Gasteiger charge is -2.20. The van der Waals surface area contributed by atoms with Crippen LogP contribution in [0.1, 0.15) is 31.4 Å². The zero-order chi connectivity index (χ0) is 30.3. The summed E-state index contributed by atoms with van der Waals surface area (Å²) in [6.07, 6.45) is -3.93. The molecule has 2 N–H and O–H groups in total. The number of halogens is 8. The Labute approximate surface area is 225 Å². The van der Waals surface area contributed by atoms with E-state index in [-0.39, 0.29) is 5.39 Å². The molecule has 0 aliphatic rings. The van der Waals surface area contributed by atoms with E-state index >= 15 is 4.39 Å². The molecule has 0 unspecified atom stereocenters. The average Bonchev–Trinajstić information content (AvgIpc) is 2.86. The van der Waals surface area contributed by atoms with Crippen molar-refractivity contribution in [2.24, 2.45) is 0 Å². The van der Waals surface area contributed by atoms with Gasteiger partial charge in [0, 0.05) is 38.0 Å². The van der Waals surface area contributed by atoms with E-state index in [2.05, 4.69) is 20.4 Å². The molecule has 0 saturated heterocycles. The van der Waals surface area contributed by atoms with Crippen LogP contribution >= 0.6 is 0 Å². The number of aromatic amines is 1. The molecule has 0 saturated carbocycles. The van der Waals surface area contributed by atoms with Crippen molar-refractivity contribution in [3.63, 3.8) is 0 Å². The van der Waals surface area contributed by atoms with Gasteiger partial charge in [-0.1, -0.05) is 0 Å². The second kappa shape index (κ2) is 10.9. The molecular weight excluding hydrogens is 568 g/mol. The first kappa shape index (κ1) is 29.6. The SMILES string of the molecule is C[C@H](C[C@H](F)Cn1ccc2cc(-c3ncc(C(C)(F)F)cn3)c(F)c(F)c2c1=O)Nc1cn[nH]c(=O)c1C(F)(F)F. The highest BCUT2D eigenvalue weighted by molar-refractivity contribution is 5.86. The molecule has 4 rings (SSSR count). The van der Waals surface area contributed by atoms with Gasteiger partial charge < -0.3 is 9.88 Å². The quantitative estimate of drug-likeness (QED) is 0.275. The van der Waals surface area contributed by atoms with Crippen LogP contribution in [0.3, 0.4) is 0 Å². The highest BCUT2D eigenvalue weighted by Gasteiger charge is 2.37. The summed E-state index contributed by atoms with van der Waals surface area (Å²) in [6, 6.07) is 1.27. The lowest BCUT2D eigenvalue weighted by Crippen LogP contribution is -2.30. The van der Waals surface area contributed by atoms with E-state index in [4.69, 9.17) is 0 Å². The van der Waals surface area contributed by atoms with Crippen molar-refractivity contribution < 1.29 is 35.1 Å². The summed E-state index contributed by atoms with van der Waals surface area (Å²) in [5.74, 6) is -6.78. The van der Waals surface area contributed by atoms with Gasteiger partial charge in [-0.05, 0) is 24.4 Å². The lowest BCUT2D eigenvalue weighted by atomic mass is 10.1. The Morgan fingerprint density at radius 2 is 1.71 bits per heavy atom. The summed E-state index contributed by atoms with van der Waals surface area (Å²) in [4.78, 5) is 31.8. The van der Waals surface area contributed by atoms with E-state index in [1.165, 1.54) is 13.0 Å². The van der Waals surface area contributed by atoms with Gasteiger partial charge >= 0.3 is 6.18 Å². The molecular formula is C25H20F8N6O2. The maximum atomic E-state index is 15.0. The Morgan fingerprint density at radius 3 is 2.32 bits per heavy atom. The molecule has 0 aliphatic heterocycles. The van der Waals surface area contributed by atoms with Crippen LogP contribution < -0.4 is 16.4 Å². The summed E-state index contributed by atoms with van der Waals surface area (Å²) in [6.45, 7) is 1.29. The van der Waals surface area contributed by atoms with Gasteiger partial charge in [-0.2, -0.15) is 18.3 Å². The zero-order valence-electron chi connectivity index (χ0n) is 21.2. The lowest BCUT2D eigenvalue weighted by molar-refractivity contribution is -0.138. The number of fused-ring (bicyclic) bond motifs is 1. The minimum atomic E-state index is -5.01. The van der Waals surface area contributed by atoms with Crippen LogP contribution in [0.4, 0.5) is 40.8 Å². The molecule has 0 amide bonds. The van der Waals surface area contributed by atoms with Gasteiger partial charge in [-0.3, -0.25) is 9.59 Å². The maximum Gasteiger partial charge on any atom is 0.423 e. The largest absolute Gasteiger partial charge is 0.423 e. The normalized spacial score (nSPS) is 13.8. The number of hydrogen-bond acceptors (Lipinski definition) is 6. The number of nitrogens with zero attached hydrogens (tertiary/aromatic N) is 4. The Balaban J connectivity index is 1.56. The maximum absolute atomic E-state index is 15.0. The Morgan fingerprint density at radius 1 is 1.05 bits per heavy atom. The first-order chi connectivity index (χ1) is 19.1. The number of alkyl halides is 6. The van der Waals surface area contributed by atoms with Crippen LogP contribution in [0.25, 0.3) is 22.2 Å². The zero-order valence-corrected chi connectivity index (χ0v) is 21.2. The van der Waals surface area contributed by atoms with Crippen LogP contribution in [0, 0.1) is 11.6 Å².